The minimum atomic E-state index is -0.349. The fraction of sp³-hybridized carbons (Fsp3) is 0.727. The van der Waals surface area contributed by atoms with Gasteiger partial charge in [-0.2, -0.15) is 0 Å². The highest BCUT2D eigenvalue weighted by molar-refractivity contribution is 5.78. The Hall–Kier alpha value is -0.830. The standard InChI is InChI=1S/C11H19NO2/c1-2-6-10(14)12-11(9-13)7-4-3-5-8-11/h2,13H,1,3-9H2,(H,12,14). The highest BCUT2D eigenvalue weighted by Crippen LogP contribution is 2.27. The average molecular weight is 197 g/mol. The molecule has 1 fully saturated rings. The summed E-state index contributed by atoms with van der Waals surface area (Å²) in [5.74, 6) is -0.0315. The summed E-state index contributed by atoms with van der Waals surface area (Å²) >= 11 is 0. The summed E-state index contributed by atoms with van der Waals surface area (Å²) in [4.78, 5) is 11.4. The van der Waals surface area contributed by atoms with Crippen LogP contribution in [0.15, 0.2) is 12.7 Å². The van der Waals surface area contributed by atoms with Gasteiger partial charge in [0.25, 0.3) is 0 Å². The number of aliphatic hydroxyl groups excluding tert-OH is 1. The molecule has 0 aromatic heterocycles. The summed E-state index contributed by atoms with van der Waals surface area (Å²) in [5, 5.41) is 12.2. The van der Waals surface area contributed by atoms with Crippen molar-refractivity contribution >= 4 is 5.91 Å². The zero-order chi connectivity index (χ0) is 10.4. The molecule has 14 heavy (non-hydrogen) atoms. The molecule has 0 heterocycles. The lowest BCUT2D eigenvalue weighted by Crippen LogP contribution is -2.52. The maximum Gasteiger partial charge on any atom is 0.224 e. The molecule has 3 heteroatoms. The molecule has 0 saturated heterocycles. The highest BCUT2D eigenvalue weighted by atomic mass is 16.3. The Morgan fingerprint density at radius 2 is 2.07 bits per heavy atom. The predicted molar refractivity (Wildman–Crippen MR) is 55.9 cm³/mol. The van der Waals surface area contributed by atoms with Gasteiger partial charge in [0, 0.05) is 6.42 Å². The molecule has 0 aromatic rings. The topological polar surface area (TPSA) is 49.3 Å². The van der Waals surface area contributed by atoms with E-state index in [4.69, 9.17) is 0 Å². The van der Waals surface area contributed by atoms with Crippen LogP contribution in [0.3, 0.4) is 0 Å². The van der Waals surface area contributed by atoms with Gasteiger partial charge in [0.15, 0.2) is 0 Å². The van der Waals surface area contributed by atoms with Gasteiger partial charge < -0.3 is 10.4 Å². The fourth-order valence-electron chi connectivity index (χ4n) is 2.03. The number of hydrogen-bond donors (Lipinski definition) is 2. The van der Waals surface area contributed by atoms with Gasteiger partial charge >= 0.3 is 0 Å². The van der Waals surface area contributed by atoms with E-state index in [0.717, 1.165) is 25.7 Å². The first-order valence-corrected chi connectivity index (χ1v) is 5.25. The molecule has 0 spiro atoms. The molecule has 80 valence electrons. The summed E-state index contributed by atoms with van der Waals surface area (Å²) < 4.78 is 0. The molecule has 1 rings (SSSR count). The Morgan fingerprint density at radius 3 is 2.57 bits per heavy atom. The maximum atomic E-state index is 11.4. The summed E-state index contributed by atoms with van der Waals surface area (Å²) in [6.45, 7) is 3.57. The zero-order valence-electron chi connectivity index (χ0n) is 8.59. The SMILES string of the molecule is C=CCC(=O)NC1(CO)CCCCC1. The van der Waals surface area contributed by atoms with E-state index in [1.807, 2.05) is 0 Å². The van der Waals surface area contributed by atoms with Crippen molar-refractivity contribution in [2.24, 2.45) is 0 Å². The summed E-state index contributed by atoms with van der Waals surface area (Å²) in [7, 11) is 0. The van der Waals surface area contributed by atoms with Crippen LogP contribution < -0.4 is 5.32 Å². The average Bonchev–Trinajstić information content (AvgIpc) is 2.19. The Labute approximate surface area is 85.2 Å². The quantitative estimate of drug-likeness (QED) is 0.669. The predicted octanol–water partition coefficient (Wildman–Crippen LogP) is 1.37. The smallest absolute Gasteiger partial charge is 0.224 e. The molecule has 0 atom stereocenters. The van der Waals surface area contributed by atoms with E-state index in [2.05, 4.69) is 11.9 Å². The van der Waals surface area contributed by atoms with Crippen LogP contribution in [-0.4, -0.2) is 23.2 Å². The number of amides is 1. The molecule has 1 amide bonds. The third-order valence-corrected chi connectivity index (χ3v) is 2.85. The molecule has 0 radical (unpaired) electrons. The molecule has 1 aliphatic carbocycles. The molecule has 1 aliphatic rings. The number of hydrogen-bond acceptors (Lipinski definition) is 2. The lowest BCUT2D eigenvalue weighted by Gasteiger charge is -2.36. The van der Waals surface area contributed by atoms with Crippen molar-refractivity contribution in [2.45, 2.75) is 44.1 Å². The van der Waals surface area contributed by atoms with Crippen LogP contribution in [0.25, 0.3) is 0 Å². The zero-order valence-corrected chi connectivity index (χ0v) is 8.59. The molecular weight excluding hydrogens is 178 g/mol. The molecule has 3 nitrogen and oxygen atoms in total. The highest BCUT2D eigenvalue weighted by Gasteiger charge is 2.32. The van der Waals surface area contributed by atoms with Crippen LogP contribution in [0, 0.1) is 0 Å². The lowest BCUT2D eigenvalue weighted by atomic mass is 9.82. The molecule has 2 N–H and O–H groups in total. The lowest BCUT2D eigenvalue weighted by molar-refractivity contribution is -0.123. The van der Waals surface area contributed by atoms with Gasteiger partial charge in [-0.15, -0.1) is 6.58 Å². The van der Waals surface area contributed by atoms with Crippen LogP contribution in [-0.2, 0) is 4.79 Å². The van der Waals surface area contributed by atoms with Crippen molar-refractivity contribution in [3.05, 3.63) is 12.7 Å². The van der Waals surface area contributed by atoms with E-state index in [1.54, 1.807) is 6.08 Å². The van der Waals surface area contributed by atoms with Crippen molar-refractivity contribution in [1.82, 2.24) is 5.32 Å². The first-order valence-electron chi connectivity index (χ1n) is 5.25. The number of carbonyl (C=O) groups excluding carboxylic acids is 1. The second-order valence-electron chi connectivity index (χ2n) is 4.04. The molecule has 0 aromatic carbocycles. The Balaban J connectivity index is 2.51. The first kappa shape index (κ1) is 11.2. The van der Waals surface area contributed by atoms with Gasteiger partial charge in [0.1, 0.15) is 0 Å². The third-order valence-electron chi connectivity index (χ3n) is 2.85. The van der Waals surface area contributed by atoms with Crippen molar-refractivity contribution in [3.63, 3.8) is 0 Å². The van der Waals surface area contributed by atoms with Crippen molar-refractivity contribution in [3.8, 4) is 0 Å². The van der Waals surface area contributed by atoms with E-state index in [0.29, 0.717) is 6.42 Å². The molecule has 0 bridgehead atoms. The van der Waals surface area contributed by atoms with E-state index in [9.17, 15) is 9.90 Å². The Bertz CT molecular complexity index is 207. The second kappa shape index (κ2) is 5.15. The monoisotopic (exact) mass is 197 g/mol. The van der Waals surface area contributed by atoms with Gasteiger partial charge in [-0.05, 0) is 12.8 Å². The third kappa shape index (κ3) is 2.84. The summed E-state index contributed by atoms with van der Waals surface area (Å²) in [5.41, 5.74) is -0.349. The number of rotatable bonds is 4. The van der Waals surface area contributed by atoms with Gasteiger partial charge in [0.2, 0.25) is 5.91 Å². The van der Waals surface area contributed by atoms with Crippen LogP contribution in [0.2, 0.25) is 0 Å². The Morgan fingerprint density at radius 1 is 1.43 bits per heavy atom. The summed E-state index contributed by atoms with van der Waals surface area (Å²) in [6, 6.07) is 0. The Kier molecular flexibility index (Phi) is 4.14. The normalized spacial score (nSPS) is 20.1. The van der Waals surface area contributed by atoms with Crippen LogP contribution in [0.5, 0.6) is 0 Å². The van der Waals surface area contributed by atoms with E-state index >= 15 is 0 Å². The van der Waals surface area contributed by atoms with E-state index in [-0.39, 0.29) is 18.1 Å². The number of aliphatic hydroxyl groups is 1. The minimum absolute atomic E-state index is 0.0315. The molecule has 1 saturated carbocycles. The van der Waals surface area contributed by atoms with Gasteiger partial charge in [-0.3, -0.25) is 4.79 Å². The first-order chi connectivity index (χ1) is 6.72. The van der Waals surface area contributed by atoms with Crippen molar-refractivity contribution < 1.29 is 9.90 Å². The van der Waals surface area contributed by atoms with Gasteiger partial charge in [-0.1, -0.05) is 25.3 Å². The molecular formula is C11H19NO2. The van der Waals surface area contributed by atoms with Crippen molar-refractivity contribution in [1.29, 1.82) is 0 Å². The van der Waals surface area contributed by atoms with E-state index in [1.165, 1.54) is 6.42 Å². The second-order valence-corrected chi connectivity index (χ2v) is 4.04. The minimum Gasteiger partial charge on any atom is -0.394 e. The number of nitrogens with one attached hydrogen (secondary N) is 1. The van der Waals surface area contributed by atoms with Crippen LogP contribution in [0.1, 0.15) is 38.5 Å². The molecule has 0 unspecified atom stereocenters. The van der Waals surface area contributed by atoms with Gasteiger partial charge in [-0.25, -0.2) is 0 Å². The van der Waals surface area contributed by atoms with E-state index < -0.39 is 0 Å². The van der Waals surface area contributed by atoms with Crippen LogP contribution >= 0.6 is 0 Å². The van der Waals surface area contributed by atoms with Gasteiger partial charge in [0.05, 0.1) is 12.1 Å². The molecule has 0 aliphatic heterocycles. The number of carbonyl (C=O) groups is 1. The largest absolute Gasteiger partial charge is 0.394 e. The summed E-state index contributed by atoms with van der Waals surface area (Å²) in [6.07, 6.45) is 7.10. The van der Waals surface area contributed by atoms with Crippen LogP contribution in [0.4, 0.5) is 0 Å². The van der Waals surface area contributed by atoms with Crippen molar-refractivity contribution in [2.75, 3.05) is 6.61 Å². The fourth-order valence-corrected chi connectivity index (χ4v) is 2.03. The maximum absolute atomic E-state index is 11.4.